The van der Waals surface area contributed by atoms with Gasteiger partial charge in [0, 0.05) is 25.7 Å². The monoisotopic (exact) mass is 708 g/mol. The smallest absolute Gasteiger partial charge is 0.339 e. The number of ether oxygens (including phenoxy) is 5. The third kappa shape index (κ3) is 8.69. The minimum Gasteiger partial charge on any atom is -0.502 e. The maximum Gasteiger partial charge on any atom is 0.339 e. The number of carbonyl (C=O) groups is 2. The molecule has 4 aromatic carbocycles. The lowest BCUT2D eigenvalue weighted by atomic mass is 9.84. The van der Waals surface area contributed by atoms with E-state index in [2.05, 4.69) is 10.6 Å². The molecule has 0 radical (unpaired) electrons. The van der Waals surface area contributed by atoms with E-state index in [9.17, 15) is 14.7 Å². The van der Waals surface area contributed by atoms with Crippen molar-refractivity contribution < 1.29 is 38.4 Å². The zero-order chi connectivity index (χ0) is 36.6. The van der Waals surface area contributed by atoms with Gasteiger partial charge in [0.25, 0.3) is 0 Å². The van der Waals surface area contributed by atoms with E-state index in [0.717, 1.165) is 42.9 Å². The van der Waals surface area contributed by atoms with Gasteiger partial charge < -0.3 is 39.4 Å². The van der Waals surface area contributed by atoms with Gasteiger partial charge >= 0.3 is 11.9 Å². The summed E-state index contributed by atoms with van der Waals surface area (Å²) in [5, 5.41) is 17.6. The number of esters is 2. The summed E-state index contributed by atoms with van der Waals surface area (Å²) in [7, 11) is 1.46. The van der Waals surface area contributed by atoms with Crippen LogP contribution in [-0.2, 0) is 38.5 Å². The molecule has 4 aromatic rings. The van der Waals surface area contributed by atoms with E-state index in [1.807, 2.05) is 68.4 Å². The van der Waals surface area contributed by atoms with E-state index in [1.54, 1.807) is 36.4 Å². The van der Waals surface area contributed by atoms with E-state index in [1.165, 1.54) is 7.11 Å². The molecule has 274 valence electrons. The summed E-state index contributed by atoms with van der Waals surface area (Å²) in [5.41, 5.74) is 2.31. The van der Waals surface area contributed by atoms with E-state index in [4.69, 9.17) is 23.7 Å². The topological polar surface area (TPSA) is 125 Å². The first kappa shape index (κ1) is 36.7. The summed E-state index contributed by atoms with van der Waals surface area (Å²) in [6.45, 7) is 6.99. The van der Waals surface area contributed by atoms with Gasteiger partial charge in [0.2, 0.25) is 5.75 Å². The van der Waals surface area contributed by atoms with Gasteiger partial charge in [0.05, 0.1) is 25.2 Å². The first-order chi connectivity index (χ1) is 25.2. The summed E-state index contributed by atoms with van der Waals surface area (Å²) in [5.74, 6) is 0.187. The molecule has 2 aliphatic heterocycles. The van der Waals surface area contributed by atoms with Crippen molar-refractivity contribution >= 4 is 11.9 Å². The first-order valence-corrected chi connectivity index (χ1v) is 18.0. The average molecular weight is 709 g/mol. The van der Waals surface area contributed by atoms with Crippen LogP contribution >= 0.6 is 0 Å². The molecule has 0 spiro atoms. The predicted octanol–water partition coefficient (Wildman–Crippen LogP) is 6.57. The molecule has 0 atom stereocenters. The van der Waals surface area contributed by atoms with Crippen LogP contribution in [0.1, 0.15) is 72.1 Å². The van der Waals surface area contributed by atoms with Crippen molar-refractivity contribution in [3.63, 3.8) is 0 Å². The standard InChI is InChI=1S/C42H48N2O8/c1-29(2)50-35-15-11-32(12-16-35)40(47)52-42(19-23-44-24-20-42)34-13-9-30(10-14-34)28-49-37-26-31(25-36(48-3)39(37)46)27-38(45)51-41(17-21-43-22-18-41)33-7-5-4-6-8-33/h4-16,25-26,29,43-44,46H,17-24,27-28H2,1-3H3. The highest BCUT2D eigenvalue weighted by Crippen LogP contribution is 2.40. The van der Waals surface area contributed by atoms with Crippen LogP contribution in [0.15, 0.2) is 91.0 Å². The van der Waals surface area contributed by atoms with Crippen molar-refractivity contribution in [2.75, 3.05) is 33.3 Å². The Bertz CT molecular complexity index is 1800. The van der Waals surface area contributed by atoms with Crippen molar-refractivity contribution in [3.8, 4) is 23.0 Å². The Kier molecular flexibility index (Phi) is 11.7. The van der Waals surface area contributed by atoms with E-state index < -0.39 is 11.2 Å². The average Bonchev–Trinajstić information content (AvgIpc) is 3.16. The van der Waals surface area contributed by atoms with Crippen molar-refractivity contribution in [1.29, 1.82) is 0 Å². The molecule has 0 aromatic heterocycles. The molecule has 0 aliphatic carbocycles. The zero-order valence-electron chi connectivity index (χ0n) is 30.1. The molecule has 0 bridgehead atoms. The molecule has 10 heteroatoms. The fourth-order valence-electron chi connectivity index (χ4n) is 6.97. The minimum atomic E-state index is -0.781. The molecule has 2 fully saturated rings. The number of benzene rings is 4. The number of carbonyl (C=O) groups excluding carboxylic acids is 2. The summed E-state index contributed by atoms with van der Waals surface area (Å²) < 4.78 is 29.7. The lowest BCUT2D eigenvalue weighted by Crippen LogP contribution is -2.43. The maximum absolute atomic E-state index is 13.4. The SMILES string of the molecule is COc1cc(CC(=O)OC2(c3ccccc3)CCNCC2)cc(OCc2ccc(C3(OC(=O)c4ccc(OC(C)C)cc4)CCNCC3)cc2)c1O. The number of phenols is 1. The fourth-order valence-corrected chi connectivity index (χ4v) is 6.97. The number of rotatable bonds is 13. The van der Waals surface area contributed by atoms with Crippen LogP contribution in [0.25, 0.3) is 0 Å². The molecule has 2 heterocycles. The van der Waals surface area contributed by atoms with Gasteiger partial charge in [-0.05, 0) is 98.7 Å². The number of piperidine rings is 2. The number of aromatic hydroxyl groups is 1. The molecule has 0 saturated carbocycles. The molecule has 2 aliphatic rings. The third-order valence-electron chi connectivity index (χ3n) is 9.72. The van der Waals surface area contributed by atoms with Gasteiger partial charge in [-0.2, -0.15) is 0 Å². The largest absolute Gasteiger partial charge is 0.502 e. The Balaban J connectivity index is 1.13. The highest BCUT2D eigenvalue weighted by Gasteiger charge is 2.39. The Morgan fingerprint density at radius 2 is 1.31 bits per heavy atom. The first-order valence-electron chi connectivity index (χ1n) is 18.0. The number of hydrogen-bond acceptors (Lipinski definition) is 10. The highest BCUT2D eigenvalue weighted by molar-refractivity contribution is 5.90. The zero-order valence-corrected chi connectivity index (χ0v) is 30.1. The second-order valence-corrected chi connectivity index (χ2v) is 13.7. The molecule has 52 heavy (non-hydrogen) atoms. The van der Waals surface area contributed by atoms with E-state index >= 15 is 0 Å². The van der Waals surface area contributed by atoms with Crippen molar-refractivity contribution in [3.05, 3.63) is 119 Å². The second-order valence-electron chi connectivity index (χ2n) is 13.7. The highest BCUT2D eigenvalue weighted by atomic mass is 16.6. The summed E-state index contributed by atoms with van der Waals surface area (Å²) in [6, 6.07) is 28.0. The van der Waals surface area contributed by atoms with Gasteiger partial charge in [-0.25, -0.2) is 4.79 Å². The van der Waals surface area contributed by atoms with Crippen LogP contribution < -0.4 is 24.8 Å². The van der Waals surface area contributed by atoms with Gasteiger partial charge in [0.15, 0.2) is 11.5 Å². The van der Waals surface area contributed by atoms with Crippen molar-refractivity contribution in [2.45, 2.75) is 69.9 Å². The molecular formula is C42H48N2O8. The summed E-state index contributed by atoms with van der Waals surface area (Å²) in [6.07, 6.45) is 2.64. The summed E-state index contributed by atoms with van der Waals surface area (Å²) in [4.78, 5) is 26.7. The molecule has 2 saturated heterocycles. The van der Waals surface area contributed by atoms with Gasteiger partial charge in [-0.15, -0.1) is 0 Å². The van der Waals surface area contributed by atoms with Gasteiger partial charge in [-0.3, -0.25) is 4.79 Å². The molecule has 3 N–H and O–H groups in total. The predicted molar refractivity (Wildman–Crippen MR) is 197 cm³/mol. The quantitative estimate of drug-likeness (QED) is 0.132. The second kappa shape index (κ2) is 16.5. The number of phenolic OH excluding ortho intramolecular Hbond substituents is 1. The number of hydrogen-bond donors (Lipinski definition) is 3. The van der Waals surface area contributed by atoms with E-state index in [-0.39, 0.29) is 48.3 Å². The Hall–Kier alpha value is -5.06. The van der Waals surface area contributed by atoms with Crippen molar-refractivity contribution in [2.24, 2.45) is 0 Å². The van der Waals surface area contributed by atoms with Gasteiger partial charge in [-0.1, -0.05) is 54.6 Å². The van der Waals surface area contributed by atoms with Crippen LogP contribution in [0, 0.1) is 0 Å². The fraction of sp³-hybridized carbons (Fsp3) is 0.381. The Morgan fingerprint density at radius 3 is 1.90 bits per heavy atom. The van der Waals surface area contributed by atoms with Crippen LogP contribution in [0.4, 0.5) is 0 Å². The third-order valence-corrected chi connectivity index (χ3v) is 9.72. The van der Waals surface area contributed by atoms with Crippen molar-refractivity contribution in [1.82, 2.24) is 10.6 Å². The molecule has 0 unspecified atom stereocenters. The van der Waals surface area contributed by atoms with Crippen LogP contribution in [0.2, 0.25) is 0 Å². The summed E-state index contributed by atoms with van der Waals surface area (Å²) >= 11 is 0. The Labute approximate surface area is 305 Å². The lowest BCUT2D eigenvalue weighted by molar-refractivity contribution is -0.163. The molecule has 0 amide bonds. The normalized spacial score (nSPS) is 16.5. The lowest BCUT2D eigenvalue weighted by Gasteiger charge is -2.37. The van der Waals surface area contributed by atoms with Crippen LogP contribution in [0.5, 0.6) is 23.0 Å². The number of nitrogens with one attached hydrogen (secondary N) is 2. The number of methoxy groups -OCH3 is 1. The maximum atomic E-state index is 13.4. The minimum absolute atomic E-state index is 0.0186. The van der Waals surface area contributed by atoms with E-state index in [0.29, 0.717) is 42.6 Å². The molecule has 6 rings (SSSR count). The molecular weight excluding hydrogens is 660 g/mol. The molecule has 10 nitrogen and oxygen atoms in total. The Morgan fingerprint density at radius 1 is 0.731 bits per heavy atom. The van der Waals surface area contributed by atoms with Gasteiger partial charge in [0.1, 0.15) is 23.6 Å². The van der Waals surface area contributed by atoms with Crippen LogP contribution in [0.3, 0.4) is 0 Å². The van der Waals surface area contributed by atoms with Crippen LogP contribution in [-0.4, -0.2) is 56.4 Å².